The van der Waals surface area contributed by atoms with E-state index in [4.69, 9.17) is 16.3 Å². The molecular weight excluding hydrogens is 464 g/mol. The fourth-order valence-electron chi connectivity index (χ4n) is 5.58. The lowest BCUT2D eigenvalue weighted by molar-refractivity contribution is -0.143. The van der Waals surface area contributed by atoms with Crippen LogP contribution in [-0.2, 0) is 9.59 Å². The summed E-state index contributed by atoms with van der Waals surface area (Å²) in [5, 5.41) is 0.670. The van der Waals surface area contributed by atoms with Crippen molar-refractivity contribution in [3.63, 3.8) is 0 Å². The number of piperidine rings is 2. The summed E-state index contributed by atoms with van der Waals surface area (Å²) in [4.78, 5) is 35.4. The summed E-state index contributed by atoms with van der Waals surface area (Å²) >= 11 is 6.05. The zero-order valence-electron chi connectivity index (χ0n) is 21.5. The molecule has 4 rings (SSSR count). The first-order valence-electron chi connectivity index (χ1n) is 13.2. The van der Waals surface area contributed by atoms with Crippen LogP contribution in [0.4, 0.5) is 0 Å². The molecule has 2 atom stereocenters. The number of hydrogen-bond donors (Lipinski definition) is 0. The van der Waals surface area contributed by atoms with Crippen molar-refractivity contribution in [2.45, 2.75) is 51.7 Å². The van der Waals surface area contributed by atoms with Gasteiger partial charge in [-0.05, 0) is 71.1 Å². The molecule has 8 heteroatoms. The van der Waals surface area contributed by atoms with E-state index in [-0.39, 0.29) is 29.8 Å². The number of halogens is 1. The molecular formula is C27H41ClN4O3. The normalized spacial score (nSPS) is 25.2. The molecule has 35 heavy (non-hydrogen) atoms. The highest BCUT2D eigenvalue weighted by Gasteiger charge is 2.38. The molecule has 0 radical (unpaired) electrons. The fourth-order valence-corrected chi connectivity index (χ4v) is 5.71. The molecule has 3 fully saturated rings. The molecule has 3 saturated heterocycles. The van der Waals surface area contributed by atoms with E-state index in [0.717, 1.165) is 64.3 Å². The highest BCUT2D eigenvalue weighted by molar-refractivity contribution is 6.30. The van der Waals surface area contributed by atoms with Crippen LogP contribution >= 0.6 is 11.6 Å². The quantitative estimate of drug-likeness (QED) is 0.595. The van der Waals surface area contributed by atoms with Crippen molar-refractivity contribution in [2.75, 3.05) is 59.4 Å². The average Bonchev–Trinajstić information content (AvgIpc) is 2.86. The molecule has 194 valence electrons. The van der Waals surface area contributed by atoms with E-state index in [1.165, 1.54) is 0 Å². The maximum atomic E-state index is 13.5. The van der Waals surface area contributed by atoms with E-state index in [1.807, 2.05) is 34.1 Å². The molecule has 0 saturated carbocycles. The van der Waals surface area contributed by atoms with Gasteiger partial charge in [0.05, 0.1) is 0 Å². The molecule has 3 aliphatic rings. The largest absolute Gasteiger partial charge is 0.490 e. The number of piperazine rings is 1. The Morgan fingerprint density at radius 2 is 1.60 bits per heavy atom. The molecule has 0 aliphatic carbocycles. The number of likely N-dealkylation sites (tertiary alicyclic amines) is 2. The Kier molecular flexibility index (Phi) is 8.95. The molecule has 3 aliphatic heterocycles. The molecule has 0 bridgehead atoms. The van der Waals surface area contributed by atoms with Gasteiger partial charge in [0.15, 0.2) is 0 Å². The molecule has 0 spiro atoms. The number of carbonyl (C=O) groups is 2. The summed E-state index contributed by atoms with van der Waals surface area (Å²) < 4.78 is 6.36. The molecule has 0 unspecified atom stereocenters. The second kappa shape index (κ2) is 11.9. The third kappa shape index (κ3) is 6.89. The molecule has 7 nitrogen and oxygen atoms in total. The monoisotopic (exact) mass is 504 g/mol. The minimum absolute atomic E-state index is 0.0220. The predicted octanol–water partition coefficient (Wildman–Crippen LogP) is 3.22. The Labute approximate surface area is 215 Å². The molecule has 0 N–H and O–H groups in total. The summed E-state index contributed by atoms with van der Waals surface area (Å²) in [6, 6.07) is 7.92. The Morgan fingerprint density at radius 3 is 2.23 bits per heavy atom. The predicted molar refractivity (Wildman–Crippen MR) is 139 cm³/mol. The number of hydrogen-bond acceptors (Lipinski definition) is 5. The van der Waals surface area contributed by atoms with E-state index < -0.39 is 0 Å². The van der Waals surface area contributed by atoms with E-state index in [0.29, 0.717) is 30.6 Å². The van der Waals surface area contributed by atoms with Crippen LogP contribution in [-0.4, -0.2) is 103 Å². The first kappa shape index (κ1) is 26.2. The van der Waals surface area contributed by atoms with Gasteiger partial charge in [0, 0.05) is 75.0 Å². The van der Waals surface area contributed by atoms with Gasteiger partial charge >= 0.3 is 0 Å². The smallest absolute Gasteiger partial charge is 0.225 e. The topological polar surface area (TPSA) is 56.3 Å². The van der Waals surface area contributed by atoms with Crippen molar-refractivity contribution in [1.29, 1.82) is 0 Å². The fraction of sp³-hybridized carbons (Fsp3) is 0.704. The van der Waals surface area contributed by atoms with Crippen LogP contribution in [0.3, 0.4) is 0 Å². The van der Waals surface area contributed by atoms with Crippen LogP contribution in [0.1, 0.15) is 39.5 Å². The number of rotatable bonds is 6. The average molecular weight is 505 g/mol. The first-order valence-corrected chi connectivity index (χ1v) is 13.6. The van der Waals surface area contributed by atoms with Gasteiger partial charge in [-0.25, -0.2) is 0 Å². The summed E-state index contributed by atoms with van der Waals surface area (Å²) in [6.45, 7) is 11.0. The van der Waals surface area contributed by atoms with E-state index >= 15 is 0 Å². The zero-order valence-corrected chi connectivity index (χ0v) is 22.3. The molecule has 3 heterocycles. The first-order chi connectivity index (χ1) is 16.8. The van der Waals surface area contributed by atoms with Crippen LogP contribution < -0.4 is 4.74 Å². The van der Waals surface area contributed by atoms with Crippen molar-refractivity contribution in [2.24, 2.45) is 11.8 Å². The van der Waals surface area contributed by atoms with Gasteiger partial charge in [-0.1, -0.05) is 11.6 Å². The Morgan fingerprint density at radius 1 is 0.943 bits per heavy atom. The van der Waals surface area contributed by atoms with Gasteiger partial charge in [-0.3, -0.25) is 9.59 Å². The van der Waals surface area contributed by atoms with Crippen molar-refractivity contribution < 1.29 is 14.3 Å². The SMILES string of the molecule is CC(C)N1CCC(C(=O)N2CC[C@H](Oc3ccc(Cl)cc3)[C@@H](CC(=O)N3CCN(C)CC3)C2)CC1. The van der Waals surface area contributed by atoms with Gasteiger partial charge < -0.3 is 24.3 Å². The number of carbonyl (C=O) groups excluding carboxylic acids is 2. The Bertz CT molecular complexity index is 848. The number of ether oxygens (including phenoxy) is 1. The maximum Gasteiger partial charge on any atom is 0.225 e. The molecule has 0 aromatic heterocycles. The maximum absolute atomic E-state index is 13.5. The summed E-state index contributed by atoms with van der Waals surface area (Å²) in [6.07, 6.45) is 2.89. The van der Waals surface area contributed by atoms with Gasteiger partial charge in [0.2, 0.25) is 11.8 Å². The number of benzene rings is 1. The van der Waals surface area contributed by atoms with Crippen molar-refractivity contribution in [3.8, 4) is 5.75 Å². The minimum atomic E-state index is -0.0978. The molecule has 1 aromatic carbocycles. The standard InChI is InChI=1S/C27H41ClN4O3/c1-20(2)30-11-8-21(9-12-30)27(34)32-13-10-25(35-24-6-4-23(28)5-7-24)22(19-32)18-26(33)31-16-14-29(3)15-17-31/h4-7,20-22,25H,8-19H2,1-3H3/t22-,25-/m0/s1. The third-order valence-electron chi connectivity index (χ3n) is 7.98. The summed E-state index contributed by atoms with van der Waals surface area (Å²) in [7, 11) is 2.09. The van der Waals surface area contributed by atoms with E-state index in [1.54, 1.807) is 0 Å². The van der Waals surface area contributed by atoms with Gasteiger partial charge in [0.25, 0.3) is 0 Å². The van der Waals surface area contributed by atoms with Gasteiger partial charge in [0.1, 0.15) is 11.9 Å². The highest BCUT2D eigenvalue weighted by atomic mass is 35.5. The molecule has 2 amide bonds. The van der Waals surface area contributed by atoms with Crippen LogP contribution in [0, 0.1) is 11.8 Å². The number of nitrogens with zero attached hydrogens (tertiary/aromatic N) is 4. The lowest BCUT2D eigenvalue weighted by Crippen LogP contribution is -2.53. The lowest BCUT2D eigenvalue weighted by atomic mass is 9.88. The summed E-state index contributed by atoms with van der Waals surface area (Å²) in [5.41, 5.74) is 0. The van der Waals surface area contributed by atoms with Gasteiger partial charge in [-0.2, -0.15) is 0 Å². The van der Waals surface area contributed by atoms with Crippen molar-refractivity contribution in [3.05, 3.63) is 29.3 Å². The second-order valence-electron chi connectivity index (χ2n) is 10.7. The Balaban J connectivity index is 1.41. The molecule has 1 aromatic rings. The third-order valence-corrected chi connectivity index (χ3v) is 8.23. The zero-order chi connectivity index (χ0) is 24.9. The van der Waals surface area contributed by atoms with Crippen molar-refractivity contribution >= 4 is 23.4 Å². The van der Waals surface area contributed by atoms with Crippen molar-refractivity contribution in [1.82, 2.24) is 19.6 Å². The van der Waals surface area contributed by atoms with Crippen LogP contribution in [0.5, 0.6) is 5.75 Å². The Hall–Kier alpha value is -1.83. The van der Waals surface area contributed by atoms with E-state index in [2.05, 4.69) is 30.7 Å². The number of likely N-dealkylation sites (N-methyl/N-ethyl adjacent to an activating group) is 1. The highest BCUT2D eigenvalue weighted by Crippen LogP contribution is 2.30. The minimum Gasteiger partial charge on any atom is -0.490 e. The van der Waals surface area contributed by atoms with E-state index in [9.17, 15) is 9.59 Å². The van der Waals surface area contributed by atoms with Crippen LogP contribution in [0.25, 0.3) is 0 Å². The van der Waals surface area contributed by atoms with Gasteiger partial charge in [-0.15, -0.1) is 0 Å². The lowest BCUT2D eigenvalue weighted by Gasteiger charge is -2.42. The second-order valence-corrected chi connectivity index (χ2v) is 11.2. The van der Waals surface area contributed by atoms with Crippen LogP contribution in [0.2, 0.25) is 5.02 Å². The number of amides is 2. The summed E-state index contributed by atoms with van der Waals surface area (Å²) in [5.74, 6) is 1.26. The van der Waals surface area contributed by atoms with Crippen LogP contribution in [0.15, 0.2) is 24.3 Å².